The number of carbonyl (C=O) groups is 2. The van der Waals surface area contributed by atoms with Gasteiger partial charge in [-0.1, -0.05) is 58.4 Å². The lowest BCUT2D eigenvalue weighted by Crippen LogP contribution is -2.09. The molecule has 0 fully saturated rings. The highest BCUT2D eigenvalue weighted by Gasteiger charge is 2.13. The topological polar surface area (TPSA) is 43.4 Å². The molecule has 0 unspecified atom stereocenters. The SMILES string of the molecule is O=C(Oc1ccc(Br)cc1Br)c1ccc(C(=O)c2ccccc2)cc1. The fourth-order valence-electron chi connectivity index (χ4n) is 2.23. The van der Waals surface area contributed by atoms with Crippen LogP contribution in [0, 0.1) is 0 Å². The van der Waals surface area contributed by atoms with Crippen LogP contribution in [0.2, 0.25) is 0 Å². The van der Waals surface area contributed by atoms with Crippen molar-refractivity contribution in [1.29, 1.82) is 0 Å². The lowest BCUT2D eigenvalue weighted by Gasteiger charge is -2.07. The molecule has 0 aliphatic rings. The van der Waals surface area contributed by atoms with E-state index in [1.807, 2.05) is 18.2 Å². The van der Waals surface area contributed by atoms with Crippen LogP contribution in [0.5, 0.6) is 5.75 Å². The van der Waals surface area contributed by atoms with Crippen molar-refractivity contribution in [3.05, 3.63) is 98.4 Å². The highest BCUT2D eigenvalue weighted by atomic mass is 79.9. The smallest absolute Gasteiger partial charge is 0.343 e. The minimum Gasteiger partial charge on any atom is -0.422 e. The van der Waals surface area contributed by atoms with Crippen LogP contribution >= 0.6 is 31.9 Å². The van der Waals surface area contributed by atoms with Crippen molar-refractivity contribution in [1.82, 2.24) is 0 Å². The molecule has 25 heavy (non-hydrogen) atoms. The zero-order valence-electron chi connectivity index (χ0n) is 12.9. The van der Waals surface area contributed by atoms with Gasteiger partial charge in [0.15, 0.2) is 5.78 Å². The number of hydrogen-bond donors (Lipinski definition) is 0. The van der Waals surface area contributed by atoms with Crippen LogP contribution in [0.4, 0.5) is 0 Å². The van der Waals surface area contributed by atoms with Gasteiger partial charge in [0.2, 0.25) is 0 Å². The summed E-state index contributed by atoms with van der Waals surface area (Å²) in [5.41, 5.74) is 1.50. The van der Waals surface area contributed by atoms with Gasteiger partial charge in [0.05, 0.1) is 10.0 Å². The minimum absolute atomic E-state index is 0.0869. The van der Waals surface area contributed by atoms with Crippen LogP contribution in [0.3, 0.4) is 0 Å². The molecule has 3 aromatic rings. The zero-order chi connectivity index (χ0) is 17.8. The molecule has 0 saturated carbocycles. The third kappa shape index (κ3) is 4.24. The van der Waals surface area contributed by atoms with E-state index in [0.29, 0.717) is 26.9 Å². The van der Waals surface area contributed by atoms with E-state index in [4.69, 9.17) is 4.74 Å². The van der Waals surface area contributed by atoms with Gasteiger partial charge in [-0.15, -0.1) is 0 Å². The first-order valence-electron chi connectivity index (χ1n) is 7.41. The molecule has 124 valence electrons. The fourth-order valence-corrected chi connectivity index (χ4v) is 3.36. The van der Waals surface area contributed by atoms with Crippen LogP contribution in [0.1, 0.15) is 26.3 Å². The molecule has 0 aliphatic carbocycles. The molecule has 0 radical (unpaired) electrons. The largest absolute Gasteiger partial charge is 0.422 e. The fraction of sp³-hybridized carbons (Fsp3) is 0. The Bertz CT molecular complexity index is 919. The molecular weight excluding hydrogens is 448 g/mol. The number of rotatable bonds is 4. The molecule has 0 bridgehead atoms. The normalized spacial score (nSPS) is 10.3. The highest BCUT2D eigenvalue weighted by molar-refractivity contribution is 9.11. The monoisotopic (exact) mass is 458 g/mol. The molecule has 3 nitrogen and oxygen atoms in total. The van der Waals surface area contributed by atoms with E-state index in [-0.39, 0.29) is 5.78 Å². The molecule has 0 aromatic heterocycles. The first-order valence-corrected chi connectivity index (χ1v) is 9.00. The van der Waals surface area contributed by atoms with Crippen molar-refractivity contribution >= 4 is 43.6 Å². The Kier molecular flexibility index (Phi) is 5.46. The number of hydrogen-bond acceptors (Lipinski definition) is 3. The summed E-state index contributed by atoms with van der Waals surface area (Å²) in [5, 5.41) is 0. The second-order valence-electron chi connectivity index (χ2n) is 5.24. The highest BCUT2D eigenvalue weighted by Crippen LogP contribution is 2.28. The lowest BCUT2D eigenvalue weighted by molar-refractivity contribution is 0.0733. The van der Waals surface area contributed by atoms with Gasteiger partial charge in [0, 0.05) is 15.6 Å². The summed E-state index contributed by atoms with van der Waals surface area (Å²) in [4.78, 5) is 24.6. The third-order valence-corrected chi connectivity index (χ3v) is 4.63. The molecule has 5 heteroatoms. The van der Waals surface area contributed by atoms with Crippen LogP contribution in [-0.4, -0.2) is 11.8 Å². The molecule has 3 aromatic carbocycles. The minimum atomic E-state index is -0.485. The first-order chi connectivity index (χ1) is 12.0. The molecule has 0 heterocycles. The summed E-state index contributed by atoms with van der Waals surface area (Å²) >= 11 is 6.70. The van der Waals surface area contributed by atoms with E-state index in [0.717, 1.165) is 4.47 Å². The summed E-state index contributed by atoms with van der Waals surface area (Å²) in [6, 6.07) is 20.7. The Morgan fingerprint density at radius 3 is 1.96 bits per heavy atom. The van der Waals surface area contributed by atoms with Crippen molar-refractivity contribution in [3.8, 4) is 5.75 Å². The Balaban J connectivity index is 1.75. The maximum Gasteiger partial charge on any atom is 0.343 e. The van der Waals surface area contributed by atoms with Crippen molar-refractivity contribution in [3.63, 3.8) is 0 Å². The standard InChI is InChI=1S/C20H12Br2O3/c21-16-10-11-18(17(22)12-16)25-20(24)15-8-6-14(7-9-15)19(23)13-4-2-1-3-5-13/h1-12H. The third-order valence-electron chi connectivity index (χ3n) is 3.52. The number of halogens is 2. The van der Waals surface area contributed by atoms with Crippen LogP contribution in [0.25, 0.3) is 0 Å². The van der Waals surface area contributed by atoms with Gasteiger partial charge >= 0.3 is 5.97 Å². The second-order valence-corrected chi connectivity index (χ2v) is 7.01. The van der Waals surface area contributed by atoms with Crippen molar-refractivity contribution in [2.24, 2.45) is 0 Å². The van der Waals surface area contributed by atoms with Crippen LogP contribution < -0.4 is 4.74 Å². The van der Waals surface area contributed by atoms with Crippen LogP contribution in [-0.2, 0) is 0 Å². The van der Waals surface area contributed by atoms with Gasteiger partial charge in [-0.3, -0.25) is 4.79 Å². The van der Waals surface area contributed by atoms with E-state index >= 15 is 0 Å². The number of esters is 1. The van der Waals surface area contributed by atoms with Crippen LogP contribution in [0.15, 0.2) is 81.7 Å². The van der Waals surface area contributed by atoms with Gasteiger partial charge < -0.3 is 4.74 Å². The zero-order valence-corrected chi connectivity index (χ0v) is 16.1. The van der Waals surface area contributed by atoms with Gasteiger partial charge in [0.25, 0.3) is 0 Å². The molecule has 0 amide bonds. The van der Waals surface area contributed by atoms with Crippen molar-refractivity contribution in [2.75, 3.05) is 0 Å². The van der Waals surface area contributed by atoms with Crippen molar-refractivity contribution < 1.29 is 14.3 Å². The summed E-state index contributed by atoms with van der Waals surface area (Å²) in [7, 11) is 0. The molecule has 0 aliphatic heterocycles. The average molecular weight is 460 g/mol. The van der Waals surface area contributed by atoms with Gasteiger partial charge in [-0.2, -0.15) is 0 Å². The molecule has 0 N–H and O–H groups in total. The van der Waals surface area contributed by atoms with E-state index in [1.54, 1.807) is 54.6 Å². The molecular formula is C20H12Br2O3. The number of ketones is 1. The quantitative estimate of drug-likeness (QED) is 0.287. The molecule has 3 rings (SSSR count). The predicted molar refractivity (Wildman–Crippen MR) is 103 cm³/mol. The van der Waals surface area contributed by atoms with E-state index in [1.165, 1.54) is 0 Å². The summed E-state index contributed by atoms with van der Waals surface area (Å²) in [6.45, 7) is 0. The maximum atomic E-state index is 12.4. The predicted octanol–water partition coefficient (Wildman–Crippen LogP) is 5.66. The van der Waals surface area contributed by atoms with E-state index < -0.39 is 5.97 Å². The number of benzene rings is 3. The summed E-state index contributed by atoms with van der Waals surface area (Å²) in [5.74, 6) is -0.143. The Morgan fingerprint density at radius 1 is 0.720 bits per heavy atom. The van der Waals surface area contributed by atoms with Gasteiger partial charge in [-0.05, 0) is 46.3 Å². The van der Waals surface area contributed by atoms with Gasteiger partial charge in [-0.25, -0.2) is 4.79 Å². The Morgan fingerprint density at radius 2 is 1.32 bits per heavy atom. The molecule has 0 spiro atoms. The maximum absolute atomic E-state index is 12.4. The molecule has 0 atom stereocenters. The summed E-state index contributed by atoms with van der Waals surface area (Å²) < 4.78 is 6.93. The lowest BCUT2D eigenvalue weighted by atomic mass is 10.0. The Labute approximate surface area is 161 Å². The molecule has 0 saturated heterocycles. The van der Waals surface area contributed by atoms with E-state index in [2.05, 4.69) is 31.9 Å². The second kappa shape index (κ2) is 7.76. The van der Waals surface area contributed by atoms with Crippen molar-refractivity contribution in [2.45, 2.75) is 0 Å². The summed E-state index contributed by atoms with van der Waals surface area (Å²) in [6.07, 6.45) is 0. The number of ether oxygens (including phenoxy) is 1. The van der Waals surface area contributed by atoms with E-state index in [9.17, 15) is 9.59 Å². The average Bonchev–Trinajstić information content (AvgIpc) is 2.64. The van der Waals surface area contributed by atoms with Gasteiger partial charge in [0.1, 0.15) is 5.75 Å². The number of carbonyl (C=O) groups excluding carboxylic acids is 2. The first kappa shape index (κ1) is 17.6. The Hall–Kier alpha value is -2.24.